The van der Waals surface area contributed by atoms with Gasteiger partial charge in [0, 0.05) is 17.3 Å². The van der Waals surface area contributed by atoms with Gasteiger partial charge in [-0.15, -0.1) is 11.3 Å². The van der Waals surface area contributed by atoms with Crippen LogP contribution in [0.1, 0.15) is 5.56 Å². The highest BCUT2D eigenvalue weighted by Gasteiger charge is 2.02. The number of methoxy groups -OCH3 is 1. The quantitative estimate of drug-likeness (QED) is 0.458. The van der Waals surface area contributed by atoms with Gasteiger partial charge in [0.25, 0.3) is 0 Å². The van der Waals surface area contributed by atoms with Crippen LogP contribution in [0, 0.1) is 0 Å². The molecular weight excluding hydrogens is 342 g/mol. The number of hydrogen-bond acceptors (Lipinski definition) is 5. The molecule has 0 saturated heterocycles. The van der Waals surface area contributed by atoms with E-state index in [0.717, 1.165) is 22.8 Å². The number of nitrogens with zero attached hydrogens (tertiary/aromatic N) is 2. The Hall–Kier alpha value is -3.18. The molecular formula is C21H17N3OS. The summed E-state index contributed by atoms with van der Waals surface area (Å²) in [7, 11) is 1.66. The second-order valence-corrected chi connectivity index (χ2v) is 6.57. The summed E-state index contributed by atoms with van der Waals surface area (Å²) in [4.78, 5) is 8.96. The lowest BCUT2D eigenvalue weighted by molar-refractivity contribution is 0.415. The number of nitrogens with one attached hydrogen (secondary N) is 1. The second kappa shape index (κ2) is 7.37. The monoisotopic (exact) mass is 359 g/mol. The first kappa shape index (κ1) is 16.3. The molecule has 0 aliphatic heterocycles. The zero-order valence-electron chi connectivity index (χ0n) is 14.2. The van der Waals surface area contributed by atoms with Crippen molar-refractivity contribution in [3.8, 4) is 5.75 Å². The first-order chi connectivity index (χ1) is 12.8. The Morgan fingerprint density at radius 2 is 1.81 bits per heavy atom. The Balaban J connectivity index is 1.47. The summed E-state index contributed by atoms with van der Waals surface area (Å²) < 4.78 is 5.16. The molecule has 0 amide bonds. The molecule has 3 aromatic carbocycles. The van der Waals surface area contributed by atoms with E-state index in [0.29, 0.717) is 5.13 Å². The zero-order chi connectivity index (χ0) is 17.8. The molecule has 0 radical (unpaired) electrons. The number of thiazole rings is 1. The van der Waals surface area contributed by atoms with Crippen molar-refractivity contribution < 1.29 is 4.74 Å². The van der Waals surface area contributed by atoms with Crippen LogP contribution in [-0.2, 0) is 0 Å². The molecule has 0 unspecified atom stereocenters. The van der Waals surface area contributed by atoms with Gasteiger partial charge in [0.1, 0.15) is 11.6 Å². The van der Waals surface area contributed by atoms with Crippen molar-refractivity contribution in [1.82, 2.24) is 4.98 Å². The summed E-state index contributed by atoms with van der Waals surface area (Å²) in [5, 5.41) is 8.44. The average Bonchev–Trinajstić information content (AvgIpc) is 3.14. The molecule has 0 bridgehead atoms. The summed E-state index contributed by atoms with van der Waals surface area (Å²) in [6.07, 6.45) is 1.80. The predicted molar refractivity (Wildman–Crippen MR) is 110 cm³/mol. The SMILES string of the molecule is COc1ccc(/C=N/c2nc(Nc3ccc4ccccc4c3)cs2)cc1. The van der Waals surface area contributed by atoms with Crippen LogP contribution in [0.3, 0.4) is 0 Å². The third-order valence-electron chi connectivity index (χ3n) is 3.95. The lowest BCUT2D eigenvalue weighted by atomic mass is 10.1. The number of anilines is 2. The molecule has 0 fully saturated rings. The van der Waals surface area contributed by atoms with Crippen LogP contribution in [0.5, 0.6) is 5.75 Å². The average molecular weight is 359 g/mol. The molecule has 0 aliphatic rings. The largest absolute Gasteiger partial charge is 0.497 e. The van der Waals surface area contributed by atoms with Gasteiger partial charge in [-0.2, -0.15) is 0 Å². The van der Waals surface area contributed by atoms with Crippen LogP contribution in [0.25, 0.3) is 10.8 Å². The highest BCUT2D eigenvalue weighted by Crippen LogP contribution is 2.26. The molecule has 0 spiro atoms. The molecule has 5 heteroatoms. The van der Waals surface area contributed by atoms with Crippen LogP contribution in [-0.4, -0.2) is 18.3 Å². The van der Waals surface area contributed by atoms with Gasteiger partial charge in [-0.25, -0.2) is 9.98 Å². The fourth-order valence-electron chi connectivity index (χ4n) is 2.62. The van der Waals surface area contributed by atoms with Crippen molar-refractivity contribution >= 4 is 45.0 Å². The number of rotatable bonds is 5. The van der Waals surface area contributed by atoms with Gasteiger partial charge in [0.05, 0.1) is 7.11 Å². The third-order valence-corrected chi connectivity index (χ3v) is 4.70. The molecule has 4 aromatic rings. The molecule has 128 valence electrons. The maximum atomic E-state index is 5.16. The summed E-state index contributed by atoms with van der Waals surface area (Å²) in [6, 6.07) is 22.3. The molecule has 4 rings (SSSR count). The van der Waals surface area contributed by atoms with Gasteiger partial charge < -0.3 is 10.1 Å². The molecule has 4 nitrogen and oxygen atoms in total. The minimum absolute atomic E-state index is 0.712. The normalized spacial score (nSPS) is 11.1. The second-order valence-electron chi connectivity index (χ2n) is 5.73. The fraction of sp³-hybridized carbons (Fsp3) is 0.0476. The molecule has 1 N–H and O–H groups in total. The Labute approximate surface area is 155 Å². The van der Waals surface area contributed by atoms with Gasteiger partial charge in [-0.3, -0.25) is 0 Å². The molecule has 1 heterocycles. The number of benzene rings is 3. The summed E-state index contributed by atoms with van der Waals surface area (Å²) in [5.41, 5.74) is 2.02. The number of aliphatic imine (C=N–C) groups is 1. The van der Waals surface area contributed by atoms with Crippen LogP contribution in [0.4, 0.5) is 16.6 Å². The van der Waals surface area contributed by atoms with E-state index in [-0.39, 0.29) is 0 Å². The van der Waals surface area contributed by atoms with E-state index in [1.165, 1.54) is 22.1 Å². The Kier molecular flexibility index (Phi) is 4.62. The zero-order valence-corrected chi connectivity index (χ0v) is 15.0. The van der Waals surface area contributed by atoms with Gasteiger partial charge in [-0.1, -0.05) is 30.3 Å². The van der Waals surface area contributed by atoms with Crippen LogP contribution in [0.2, 0.25) is 0 Å². The van der Waals surface area contributed by atoms with E-state index in [1.807, 2.05) is 41.8 Å². The van der Waals surface area contributed by atoms with Crippen LogP contribution >= 0.6 is 11.3 Å². The first-order valence-corrected chi connectivity index (χ1v) is 9.07. The van der Waals surface area contributed by atoms with Crippen LogP contribution < -0.4 is 10.1 Å². The van der Waals surface area contributed by atoms with Crippen LogP contribution in [0.15, 0.2) is 77.1 Å². The van der Waals surface area contributed by atoms with E-state index < -0.39 is 0 Å². The maximum Gasteiger partial charge on any atom is 0.211 e. The standard InChI is InChI=1S/C21H17N3OS/c1-25-19-10-6-15(7-11-19)13-22-21-24-20(14-26-21)23-18-9-8-16-4-2-3-5-17(16)12-18/h2-14,23H,1H3/b22-13+. The number of ether oxygens (including phenoxy) is 1. The summed E-state index contributed by atoms with van der Waals surface area (Å²) >= 11 is 1.50. The van der Waals surface area contributed by atoms with Gasteiger partial charge in [0.2, 0.25) is 5.13 Å². The van der Waals surface area contributed by atoms with E-state index in [9.17, 15) is 0 Å². The maximum absolute atomic E-state index is 5.16. The minimum Gasteiger partial charge on any atom is -0.497 e. The number of hydrogen-bond donors (Lipinski definition) is 1. The Morgan fingerprint density at radius 3 is 2.62 bits per heavy atom. The smallest absolute Gasteiger partial charge is 0.211 e. The van der Waals surface area contributed by atoms with Crippen molar-refractivity contribution in [2.24, 2.45) is 4.99 Å². The highest BCUT2D eigenvalue weighted by atomic mass is 32.1. The molecule has 0 aliphatic carbocycles. The van der Waals surface area contributed by atoms with Gasteiger partial charge >= 0.3 is 0 Å². The van der Waals surface area contributed by atoms with Gasteiger partial charge in [0.15, 0.2) is 0 Å². The molecule has 0 saturated carbocycles. The van der Waals surface area contributed by atoms with Crippen molar-refractivity contribution in [1.29, 1.82) is 0 Å². The lowest BCUT2D eigenvalue weighted by Crippen LogP contribution is -1.89. The predicted octanol–water partition coefficient (Wildman–Crippen LogP) is 5.80. The van der Waals surface area contributed by atoms with E-state index in [1.54, 1.807) is 13.3 Å². The topological polar surface area (TPSA) is 46.5 Å². The van der Waals surface area contributed by atoms with E-state index >= 15 is 0 Å². The number of aromatic nitrogens is 1. The van der Waals surface area contributed by atoms with Gasteiger partial charge in [-0.05, 0) is 52.7 Å². The summed E-state index contributed by atoms with van der Waals surface area (Å²) in [5.74, 6) is 1.63. The Bertz CT molecular complexity index is 1050. The molecule has 0 atom stereocenters. The summed E-state index contributed by atoms with van der Waals surface area (Å²) in [6.45, 7) is 0. The Morgan fingerprint density at radius 1 is 1.00 bits per heavy atom. The van der Waals surface area contributed by atoms with E-state index in [4.69, 9.17) is 4.74 Å². The fourth-order valence-corrected chi connectivity index (χ4v) is 3.21. The molecule has 26 heavy (non-hydrogen) atoms. The van der Waals surface area contributed by atoms with Crippen molar-refractivity contribution in [3.63, 3.8) is 0 Å². The minimum atomic E-state index is 0.712. The lowest BCUT2D eigenvalue weighted by Gasteiger charge is -2.04. The highest BCUT2D eigenvalue weighted by molar-refractivity contribution is 7.13. The number of fused-ring (bicyclic) bond motifs is 1. The molecule has 1 aromatic heterocycles. The first-order valence-electron chi connectivity index (χ1n) is 8.20. The van der Waals surface area contributed by atoms with Crippen molar-refractivity contribution in [2.75, 3.05) is 12.4 Å². The van der Waals surface area contributed by atoms with E-state index in [2.05, 4.69) is 45.6 Å². The third kappa shape index (κ3) is 3.73. The van der Waals surface area contributed by atoms with Crippen molar-refractivity contribution in [3.05, 3.63) is 77.7 Å². The van der Waals surface area contributed by atoms with Crippen molar-refractivity contribution in [2.45, 2.75) is 0 Å².